The smallest absolute Gasteiger partial charge is 0.247 e. The number of H-pyrrole nitrogens is 1. The molecule has 2 aliphatic rings. The Hall–Kier alpha value is -1.18. The average Bonchev–Trinajstić information content (AvgIpc) is 2.86. The van der Waals surface area contributed by atoms with E-state index < -0.39 is 10.0 Å². The topological polar surface area (TPSA) is 82.3 Å². The zero-order chi connectivity index (χ0) is 14.2. The van der Waals surface area contributed by atoms with Crippen LogP contribution in [0.4, 0.5) is 0 Å². The maximum Gasteiger partial charge on any atom is 0.247 e. The van der Waals surface area contributed by atoms with E-state index in [4.69, 9.17) is 0 Å². The van der Waals surface area contributed by atoms with Crippen molar-refractivity contribution in [1.82, 2.24) is 14.6 Å². The van der Waals surface area contributed by atoms with Gasteiger partial charge in [0, 0.05) is 24.3 Å². The lowest BCUT2D eigenvalue weighted by Crippen LogP contribution is -2.47. The molecule has 0 radical (unpaired) electrons. The largest absolute Gasteiger partial charge is 0.328 e. The highest BCUT2D eigenvalue weighted by molar-refractivity contribution is 7.89. The molecule has 3 heterocycles. The van der Waals surface area contributed by atoms with Crippen LogP contribution in [-0.4, -0.2) is 43.5 Å². The number of pyridine rings is 1. The quantitative estimate of drug-likeness (QED) is 0.839. The van der Waals surface area contributed by atoms with Crippen LogP contribution in [0.1, 0.15) is 25.7 Å². The Balaban J connectivity index is 1.70. The number of rotatable bonds is 3. The van der Waals surface area contributed by atoms with Crippen LogP contribution >= 0.6 is 0 Å². The Morgan fingerprint density at radius 1 is 1.25 bits per heavy atom. The van der Waals surface area contributed by atoms with Gasteiger partial charge in [0.1, 0.15) is 0 Å². The average molecular weight is 297 g/mol. The molecule has 2 fully saturated rings. The van der Waals surface area contributed by atoms with Gasteiger partial charge in [-0.3, -0.25) is 4.79 Å². The van der Waals surface area contributed by atoms with Crippen LogP contribution in [0.2, 0.25) is 0 Å². The molecule has 0 aromatic carbocycles. The fourth-order valence-corrected chi connectivity index (χ4v) is 4.43. The van der Waals surface area contributed by atoms with Crippen molar-refractivity contribution in [2.45, 2.75) is 42.7 Å². The fraction of sp³-hybridized carbons (Fsp3) is 0.615. The van der Waals surface area contributed by atoms with Gasteiger partial charge in [-0.1, -0.05) is 0 Å². The fourth-order valence-electron chi connectivity index (χ4n) is 3.18. The molecular formula is C13H19N3O3S. The van der Waals surface area contributed by atoms with Crippen molar-refractivity contribution in [1.29, 1.82) is 0 Å². The van der Waals surface area contributed by atoms with Crippen LogP contribution in [0.15, 0.2) is 28.0 Å². The normalized spacial score (nSPS) is 27.4. The predicted molar refractivity (Wildman–Crippen MR) is 75.0 cm³/mol. The zero-order valence-corrected chi connectivity index (χ0v) is 12.0. The Morgan fingerprint density at radius 2 is 2.10 bits per heavy atom. The second kappa shape index (κ2) is 5.31. The number of sulfonamides is 1. The maximum atomic E-state index is 12.3. The van der Waals surface area contributed by atoms with Crippen molar-refractivity contribution in [2.75, 3.05) is 13.1 Å². The molecule has 1 aromatic heterocycles. The molecule has 2 saturated heterocycles. The molecular weight excluding hydrogens is 278 g/mol. The molecule has 2 unspecified atom stereocenters. The van der Waals surface area contributed by atoms with E-state index >= 15 is 0 Å². The number of aromatic nitrogens is 1. The number of hydrogen-bond donors (Lipinski definition) is 2. The number of hydrogen-bond acceptors (Lipinski definition) is 4. The molecule has 0 aliphatic carbocycles. The summed E-state index contributed by atoms with van der Waals surface area (Å²) in [6, 6.07) is 3.08. The minimum Gasteiger partial charge on any atom is -0.328 e. The summed E-state index contributed by atoms with van der Waals surface area (Å²) in [5, 5.41) is 0. The Labute approximate surface area is 118 Å². The first kappa shape index (κ1) is 13.8. The molecule has 2 aliphatic heterocycles. The highest BCUT2D eigenvalue weighted by atomic mass is 32.2. The van der Waals surface area contributed by atoms with E-state index in [-0.39, 0.29) is 16.5 Å². The van der Waals surface area contributed by atoms with Crippen molar-refractivity contribution in [2.24, 2.45) is 0 Å². The lowest BCUT2D eigenvalue weighted by atomic mass is 9.99. The summed E-state index contributed by atoms with van der Waals surface area (Å²) in [6.45, 7) is 2.10. The van der Waals surface area contributed by atoms with Crippen LogP contribution in [0, 0.1) is 0 Å². The summed E-state index contributed by atoms with van der Waals surface area (Å²) < 4.78 is 27.3. The van der Waals surface area contributed by atoms with Crippen LogP contribution < -0.4 is 10.3 Å². The summed E-state index contributed by atoms with van der Waals surface area (Å²) >= 11 is 0. The molecule has 0 bridgehead atoms. The van der Waals surface area contributed by atoms with Crippen molar-refractivity contribution in [3.63, 3.8) is 0 Å². The third kappa shape index (κ3) is 2.79. The molecule has 0 spiro atoms. The SMILES string of the molecule is O=c1ccc(S(=O)(=O)NC2CCN3CCCC3C2)c[nH]1. The summed E-state index contributed by atoms with van der Waals surface area (Å²) in [4.78, 5) is 16.0. The molecule has 0 saturated carbocycles. The standard InChI is InChI=1S/C13H19N3O3S/c17-13-4-3-12(9-14-13)20(18,19)15-10-5-7-16-6-1-2-11(16)8-10/h3-4,9-11,15H,1-2,5-8H2,(H,14,17). The van der Waals surface area contributed by atoms with Gasteiger partial charge in [-0.15, -0.1) is 0 Å². The van der Waals surface area contributed by atoms with Gasteiger partial charge >= 0.3 is 0 Å². The van der Waals surface area contributed by atoms with Crippen LogP contribution in [0.25, 0.3) is 0 Å². The zero-order valence-electron chi connectivity index (χ0n) is 11.2. The molecule has 2 atom stereocenters. The molecule has 6 nitrogen and oxygen atoms in total. The predicted octanol–water partition coefficient (Wildman–Crippen LogP) is 0.280. The molecule has 0 amide bonds. The van der Waals surface area contributed by atoms with Crippen molar-refractivity contribution in [3.05, 3.63) is 28.7 Å². The van der Waals surface area contributed by atoms with Crippen LogP contribution in [0.5, 0.6) is 0 Å². The second-order valence-corrected chi connectivity index (χ2v) is 7.28. The van der Waals surface area contributed by atoms with E-state index in [0.29, 0.717) is 6.04 Å². The van der Waals surface area contributed by atoms with Gasteiger partial charge in [-0.25, -0.2) is 13.1 Å². The molecule has 2 N–H and O–H groups in total. The van der Waals surface area contributed by atoms with Gasteiger partial charge in [-0.05, 0) is 44.8 Å². The summed E-state index contributed by atoms with van der Waals surface area (Å²) in [6.07, 6.45) is 5.35. The van der Waals surface area contributed by atoms with Gasteiger partial charge in [-0.2, -0.15) is 0 Å². The Bertz CT molecular complexity index is 620. The van der Waals surface area contributed by atoms with E-state index in [0.717, 1.165) is 32.4 Å². The van der Waals surface area contributed by atoms with Crippen LogP contribution in [0.3, 0.4) is 0 Å². The van der Waals surface area contributed by atoms with E-state index in [1.165, 1.54) is 24.8 Å². The van der Waals surface area contributed by atoms with Crippen LogP contribution in [-0.2, 0) is 10.0 Å². The third-order valence-electron chi connectivity index (χ3n) is 4.21. The number of piperidine rings is 1. The highest BCUT2D eigenvalue weighted by Crippen LogP contribution is 2.27. The maximum absolute atomic E-state index is 12.3. The van der Waals surface area contributed by atoms with Gasteiger partial charge in [0.05, 0.1) is 4.90 Å². The number of fused-ring (bicyclic) bond motifs is 1. The van der Waals surface area contributed by atoms with E-state index in [2.05, 4.69) is 14.6 Å². The lowest BCUT2D eigenvalue weighted by molar-refractivity contribution is 0.176. The monoisotopic (exact) mass is 297 g/mol. The van der Waals surface area contributed by atoms with Gasteiger partial charge in [0.2, 0.25) is 15.6 Å². The van der Waals surface area contributed by atoms with E-state index in [1.807, 2.05) is 0 Å². The van der Waals surface area contributed by atoms with Gasteiger partial charge < -0.3 is 9.88 Å². The minimum atomic E-state index is -3.54. The lowest BCUT2D eigenvalue weighted by Gasteiger charge is -2.34. The van der Waals surface area contributed by atoms with Crippen molar-refractivity contribution in [3.8, 4) is 0 Å². The Kier molecular flexibility index (Phi) is 3.66. The first-order valence-corrected chi connectivity index (χ1v) is 8.48. The first-order chi connectivity index (χ1) is 9.54. The van der Waals surface area contributed by atoms with Crippen molar-refractivity contribution >= 4 is 10.0 Å². The molecule has 7 heteroatoms. The second-order valence-electron chi connectivity index (χ2n) is 5.56. The highest BCUT2D eigenvalue weighted by Gasteiger charge is 2.33. The number of nitrogens with zero attached hydrogens (tertiary/aromatic N) is 1. The number of aromatic amines is 1. The molecule has 110 valence electrons. The molecule has 3 rings (SSSR count). The van der Waals surface area contributed by atoms with E-state index in [1.54, 1.807) is 0 Å². The Morgan fingerprint density at radius 3 is 2.85 bits per heavy atom. The summed E-state index contributed by atoms with van der Waals surface area (Å²) in [7, 11) is -3.54. The minimum absolute atomic E-state index is 0.00808. The molecule has 20 heavy (non-hydrogen) atoms. The number of nitrogens with one attached hydrogen (secondary N) is 2. The first-order valence-electron chi connectivity index (χ1n) is 7.00. The van der Waals surface area contributed by atoms with E-state index in [9.17, 15) is 13.2 Å². The van der Waals surface area contributed by atoms with Crippen molar-refractivity contribution < 1.29 is 8.42 Å². The summed E-state index contributed by atoms with van der Waals surface area (Å²) in [5.41, 5.74) is -0.303. The molecule has 1 aromatic rings. The third-order valence-corrected chi connectivity index (χ3v) is 5.73. The van der Waals surface area contributed by atoms with Gasteiger partial charge in [0.15, 0.2) is 0 Å². The summed E-state index contributed by atoms with van der Waals surface area (Å²) in [5.74, 6) is 0. The van der Waals surface area contributed by atoms with Gasteiger partial charge in [0.25, 0.3) is 0 Å².